The third-order valence-electron chi connectivity index (χ3n) is 4.13. The predicted molar refractivity (Wildman–Crippen MR) is 90.6 cm³/mol. The average molecular weight is 324 g/mol. The van der Waals surface area contributed by atoms with Crippen molar-refractivity contribution in [3.05, 3.63) is 70.7 Å². The van der Waals surface area contributed by atoms with Crippen molar-refractivity contribution in [2.24, 2.45) is 0 Å². The molecule has 23 heavy (non-hydrogen) atoms. The van der Waals surface area contributed by atoms with Crippen LogP contribution in [0.1, 0.15) is 23.5 Å². The van der Waals surface area contributed by atoms with E-state index in [2.05, 4.69) is 15.5 Å². The van der Waals surface area contributed by atoms with Gasteiger partial charge in [-0.05, 0) is 23.3 Å². The first-order valence-corrected chi connectivity index (χ1v) is 7.79. The van der Waals surface area contributed by atoms with Crippen LogP contribution < -0.4 is 5.32 Å². The van der Waals surface area contributed by atoms with Crippen molar-refractivity contribution in [2.45, 2.75) is 12.3 Å². The zero-order valence-corrected chi connectivity index (χ0v) is 13.0. The number of hydrogen-bond donors (Lipinski definition) is 2. The molecule has 114 valence electrons. The third kappa shape index (κ3) is 2.51. The number of halogens is 1. The number of fused-ring (bicyclic) bond motifs is 1. The molecule has 1 atom stereocenters. The van der Waals surface area contributed by atoms with Gasteiger partial charge >= 0.3 is 0 Å². The molecule has 1 aliphatic rings. The fourth-order valence-corrected chi connectivity index (χ4v) is 3.19. The first-order valence-electron chi connectivity index (χ1n) is 7.41. The summed E-state index contributed by atoms with van der Waals surface area (Å²) in [7, 11) is 0. The van der Waals surface area contributed by atoms with E-state index in [9.17, 15) is 4.79 Å². The summed E-state index contributed by atoms with van der Waals surface area (Å²) in [6, 6.07) is 17.7. The Kier molecular flexibility index (Phi) is 3.39. The number of benzene rings is 2. The van der Waals surface area contributed by atoms with E-state index in [1.54, 1.807) is 0 Å². The highest BCUT2D eigenvalue weighted by molar-refractivity contribution is 6.30. The molecule has 4 nitrogen and oxygen atoms in total. The average Bonchev–Trinajstić information content (AvgIpc) is 2.99. The zero-order chi connectivity index (χ0) is 15.8. The van der Waals surface area contributed by atoms with Crippen LogP contribution in [0.5, 0.6) is 0 Å². The van der Waals surface area contributed by atoms with Gasteiger partial charge in [-0.2, -0.15) is 5.10 Å². The lowest BCUT2D eigenvalue weighted by Gasteiger charge is -2.23. The standard InChI is InChI=1S/C18H14ClN3O/c19-13-8-6-11(7-9-13)14-10-15(23)20-18-16(14)17(21-22-18)12-4-2-1-3-5-12/h1-9,14H,10H2,(H2,20,21,22,23)/t14-/m0/s1. The molecule has 0 radical (unpaired) electrons. The van der Waals surface area contributed by atoms with Crippen LogP contribution in [0.15, 0.2) is 54.6 Å². The number of carbonyl (C=O) groups is 1. The minimum Gasteiger partial charge on any atom is -0.309 e. The third-order valence-corrected chi connectivity index (χ3v) is 4.39. The summed E-state index contributed by atoms with van der Waals surface area (Å²) in [5.74, 6) is 0.550. The van der Waals surface area contributed by atoms with E-state index >= 15 is 0 Å². The van der Waals surface area contributed by atoms with Crippen LogP contribution in [-0.2, 0) is 4.79 Å². The summed E-state index contributed by atoms with van der Waals surface area (Å²) in [5.41, 5.74) is 4.08. The molecule has 0 fully saturated rings. The van der Waals surface area contributed by atoms with Crippen LogP contribution in [0, 0.1) is 0 Å². The Morgan fingerprint density at radius 1 is 1.04 bits per heavy atom. The van der Waals surface area contributed by atoms with Crippen molar-refractivity contribution in [3.8, 4) is 11.3 Å². The Morgan fingerprint density at radius 2 is 1.78 bits per heavy atom. The molecule has 1 aromatic heterocycles. The minimum atomic E-state index is -0.0371. The topological polar surface area (TPSA) is 57.8 Å². The number of rotatable bonds is 2. The highest BCUT2D eigenvalue weighted by Gasteiger charge is 2.31. The molecular weight excluding hydrogens is 310 g/mol. The fourth-order valence-electron chi connectivity index (χ4n) is 3.06. The Bertz CT molecular complexity index is 856. The van der Waals surface area contributed by atoms with Crippen LogP contribution in [0.4, 0.5) is 5.82 Å². The minimum absolute atomic E-state index is 0.0245. The number of H-pyrrole nitrogens is 1. The molecular formula is C18H14ClN3O. The first-order chi connectivity index (χ1) is 11.2. The van der Waals surface area contributed by atoms with E-state index in [-0.39, 0.29) is 11.8 Å². The van der Waals surface area contributed by atoms with Gasteiger partial charge in [0.2, 0.25) is 5.91 Å². The SMILES string of the molecule is O=C1C[C@@H](c2ccc(Cl)cc2)c2c(n[nH]c2-c2ccccc2)N1. The fraction of sp³-hybridized carbons (Fsp3) is 0.111. The number of carbonyl (C=O) groups excluding carboxylic acids is 1. The number of aromatic nitrogens is 2. The van der Waals surface area contributed by atoms with Gasteiger partial charge in [-0.1, -0.05) is 54.1 Å². The molecule has 0 saturated carbocycles. The Labute approximate surface area is 138 Å². The highest BCUT2D eigenvalue weighted by atomic mass is 35.5. The van der Waals surface area contributed by atoms with Crippen molar-refractivity contribution < 1.29 is 4.79 Å². The van der Waals surface area contributed by atoms with Crippen molar-refractivity contribution in [3.63, 3.8) is 0 Å². The Morgan fingerprint density at radius 3 is 2.52 bits per heavy atom. The summed E-state index contributed by atoms with van der Waals surface area (Å²) in [6.45, 7) is 0. The normalized spacial score (nSPS) is 16.7. The molecule has 1 amide bonds. The number of hydrogen-bond acceptors (Lipinski definition) is 2. The highest BCUT2D eigenvalue weighted by Crippen LogP contribution is 2.41. The van der Waals surface area contributed by atoms with Gasteiger partial charge in [-0.25, -0.2) is 0 Å². The predicted octanol–water partition coefficient (Wildman–Crippen LogP) is 4.20. The smallest absolute Gasteiger partial charge is 0.226 e. The second-order valence-electron chi connectivity index (χ2n) is 5.58. The van der Waals surface area contributed by atoms with E-state index < -0.39 is 0 Å². The van der Waals surface area contributed by atoms with Crippen LogP contribution >= 0.6 is 11.6 Å². The Balaban J connectivity index is 1.86. The summed E-state index contributed by atoms with van der Waals surface area (Å²) in [5, 5.41) is 10.9. The van der Waals surface area contributed by atoms with Crippen LogP contribution in [-0.4, -0.2) is 16.1 Å². The van der Waals surface area contributed by atoms with Gasteiger partial charge in [0.1, 0.15) is 0 Å². The lowest BCUT2D eigenvalue weighted by Crippen LogP contribution is -2.23. The maximum Gasteiger partial charge on any atom is 0.226 e. The molecule has 0 aliphatic carbocycles. The Hall–Kier alpha value is -2.59. The lowest BCUT2D eigenvalue weighted by molar-refractivity contribution is -0.116. The first kappa shape index (κ1) is 14.0. The number of nitrogens with zero attached hydrogens (tertiary/aromatic N) is 1. The molecule has 2 N–H and O–H groups in total. The van der Waals surface area contributed by atoms with E-state index in [4.69, 9.17) is 11.6 Å². The summed E-state index contributed by atoms with van der Waals surface area (Å²) < 4.78 is 0. The molecule has 0 bridgehead atoms. The van der Waals surface area contributed by atoms with E-state index in [1.165, 1.54) is 0 Å². The van der Waals surface area contributed by atoms with Crippen LogP contribution in [0.2, 0.25) is 5.02 Å². The lowest BCUT2D eigenvalue weighted by atomic mass is 9.84. The van der Waals surface area contributed by atoms with Gasteiger partial charge in [0.25, 0.3) is 0 Å². The van der Waals surface area contributed by atoms with Gasteiger partial charge in [0, 0.05) is 22.9 Å². The second kappa shape index (κ2) is 5.56. The van der Waals surface area contributed by atoms with Gasteiger partial charge in [0.05, 0.1) is 5.69 Å². The monoisotopic (exact) mass is 323 g/mol. The molecule has 0 saturated heterocycles. The molecule has 3 aromatic rings. The maximum atomic E-state index is 12.0. The van der Waals surface area contributed by atoms with Crippen molar-refractivity contribution in [1.29, 1.82) is 0 Å². The summed E-state index contributed by atoms with van der Waals surface area (Å²) >= 11 is 5.99. The molecule has 2 aromatic carbocycles. The number of amides is 1. The number of aromatic amines is 1. The van der Waals surface area contributed by atoms with E-state index in [1.807, 2.05) is 54.6 Å². The van der Waals surface area contributed by atoms with Crippen molar-refractivity contribution in [2.75, 3.05) is 5.32 Å². The largest absolute Gasteiger partial charge is 0.309 e. The van der Waals surface area contributed by atoms with Gasteiger partial charge < -0.3 is 5.32 Å². The summed E-state index contributed by atoms with van der Waals surface area (Å²) in [6.07, 6.45) is 0.397. The van der Waals surface area contributed by atoms with Crippen molar-refractivity contribution in [1.82, 2.24) is 10.2 Å². The van der Waals surface area contributed by atoms with Gasteiger partial charge in [-0.15, -0.1) is 0 Å². The van der Waals surface area contributed by atoms with Crippen molar-refractivity contribution >= 4 is 23.3 Å². The van der Waals surface area contributed by atoms with E-state index in [0.717, 1.165) is 22.4 Å². The molecule has 4 rings (SSSR count). The molecule has 0 spiro atoms. The van der Waals surface area contributed by atoms with Crippen LogP contribution in [0.3, 0.4) is 0 Å². The molecule has 0 unspecified atom stereocenters. The maximum absolute atomic E-state index is 12.0. The number of nitrogens with one attached hydrogen (secondary N) is 2. The molecule has 5 heteroatoms. The van der Waals surface area contributed by atoms with Crippen LogP contribution in [0.25, 0.3) is 11.3 Å². The summed E-state index contributed by atoms with van der Waals surface area (Å²) in [4.78, 5) is 12.0. The zero-order valence-electron chi connectivity index (χ0n) is 12.2. The van der Waals surface area contributed by atoms with Gasteiger partial charge in [0.15, 0.2) is 5.82 Å². The molecule has 1 aliphatic heterocycles. The van der Waals surface area contributed by atoms with E-state index in [0.29, 0.717) is 17.3 Å². The second-order valence-corrected chi connectivity index (χ2v) is 6.02. The van der Waals surface area contributed by atoms with Gasteiger partial charge in [-0.3, -0.25) is 9.89 Å². The quantitative estimate of drug-likeness (QED) is 0.742. The number of anilines is 1. The molecule has 2 heterocycles.